The van der Waals surface area contributed by atoms with Crippen molar-refractivity contribution in [1.29, 1.82) is 0 Å². The average molecular weight is 208 g/mol. The molecule has 0 fully saturated rings. The van der Waals surface area contributed by atoms with Gasteiger partial charge in [-0.2, -0.15) is 11.3 Å². The fourth-order valence-electron chi connectivity index (χ4n) is 1.15. The van der Waals surface area contributed by atoms with E-state index >= 15 is 0 Å². The molecule has 0 saturated heterocycles. The number of nitrogens with zero attached hydrogens (tertiary/aromatic N) is 3. The summed E-state index contributed by atoms with van der Waals surface area (Å²) in [5.41, 5.74) is 1.13. The molecule has 0 aliphatic rings. The van der Waals surface area contributed by atoms with Crippen molar-refractivity contribution in [3.05, 3.63) is 28.5 Å². The molecule has 0 amide bonds. The van der Waals surface area contributed by atoms with E-state index in [1.54, 1.807) is 11.3 Å². The number of nitrogens with one attached hydrogen (secondary N) is 1. The van der Waals surface area contributed by atoms with Gasteiger partial charge in [-0.1, -0.05) is 0 Å². The first-order valence-corrected chi connectivity index (χ1v) is 5.32. The third-order valence-corrected chi connectivity index (χ3v) is 2.84. The number of aryl methyl sites for hydroxylation is 1. The highest BCUT2D eigenvalue weighted by atomic mass is 32.1. The van der Waals surface area contributed by atoms with E-state index in [1.807, 2.05) is 30.0 Å². The van der Waals surface area contributed by atoms with Crippen molar-refractivity contribution in [2.24, 2.45) is 7.05 Å². The lowest BCUT2D eigenvalue weighted by Gasteiger charge is -2.03. The van der Waals surface area contributed by atoms with Crippen LogP contribution in [0.4, 0.5) is 5.69 Å². The third-order valence-electron chi connectivity index (χ3n) is 2.15. The first kappa shape index (κ1) is 9.21. The van der Waals surface area contributed by atoms with Crippen molar-refractivity contribution < 1.29 is 0 Å². The van der Waals surface area contributed by atoms with Crippen LogP contribution in [0.25, 0.3) is 0 Å². The molecular weight excluding hydrogens is 196 g/mol. The lowest BCUT2D eigenvalue weighted by molar-refractivity contribution is 0.789. The van der Waals surface area contributed by atoms with Gasteiger partial charge in [0.2, 0.25) is 0 Å². The standard InChI is InChI=1S/C9H12N4S/c1-7-11-12-9(13(7)2)5-10-8-3-4-14-6-8/h3-4,6,10H,5H2,1-2H3. The molecular formula is C9H12N4S. The Morgan fingerprint density at radius 3 is 2.93 bits per heavy atom. The van der Waals surface area contributed by atoms with Gasteiger partial charge < -0.3 is 9.88 Å². The van der Waals surface area contributed by atoms with Crippen LogP contribution < -0.4 is 5.32 Å². The average Bonchev–Trinajstić information content (AvgIpc) is 2.77. The van der Waals surface area contributed by atoms with Crippen LogP contribution in [0.2, 0.25) is 0 Å². The van der Waals surface area contributed by atoms with Gasteiger partial charge in [-0.15, -0.1) is 10.2 Å². The molecule has 2 heterocycles. The van der Waals surface area contributed by atoms with E-state index in [0.29, 0.717) is 6.54 Å². The second-order valence-electron chi connectivity index (χ2n) is 3.09. The Bertz CT molecular complexity index is 404. The first-order chi connectivity index (χ1) is 6.77. The van der Waals surface area contributed by atoms with Crippen molar-refractivity contribution in [3.8, 4) is 0 Å². The molecule has 0 atom stereocenters. The van der Waals surface area contributed by atoms with Crippen molar-refractivity contribution >= 4 is 17.0 Å². The zero-order valence-electron chi connectivity index (χ0n) is 8.19. The summed E-state index contributed by atoms with van der Waals surface area (Å²) < 4.78 is 1.99. The quantitative estimate of drug-likeness (QED) is 0.836. The van der Waals surface area contributed by atoms with E-state index in [1.165, 1.54) is 0 Å². The molecule has 14 heavy (non-hydrogen) atoms. The smallest absolute Gasteiger partial charge is 0.152 e. The molecule has 0 bridgehead atoms. The van der Waals surface area contributed by atoms with Gasteiger partial charge in [0, 0.05) is 18.1 Å². The molecule has 74 valence electrons. The second-order valence-corrected chi connectivity index (χ2v) is 3.87. The highest BCUT2D eigenvalue weighted by Gasteiger charge is 2.03. The van der Waals surface area contributed by atoms with Gasteiger partial charge in [-0.05, 0) is 18.4 Å². The highest BCUT2D eigenvalue weighted by molar-refractivity contribution is 7.08. The monoisotopic (exact) mass is 208 g/mol. The molecule has 4 nitrogen and oxygen atoms in total. The zero-order chi connectivity index (χ0) is 9.97. The second kappa shape index (κ2) is 3.79. The van der Waals surface area contributed by atoms with E-state index in [0.717, 1.165) is 17.3 Å². The van der Waals surface area contributed by atoms with E-state index in [4.69, 9.17) is 0 Å². The van der Waals surface area contributed by atoms with Gasteiger partial charge in [-0.3, -0.25) is 0 Å². The van der Waals surface area contributed by atoms with Crippen LogP contribution in [-0.2, 0) is 13.6 Å². The maximum Gasteiger partial charge on any atom is 0.152 e. The van der Waals surface area contributed by atoms with Crippen molar-refractivity contribution in [2.45, 2.75) is 13.5 Å². The fourth-order valence-corrected chi connectivity index (χ4v) is 1.76. The Morgan fingerprint density at radius 1 is 1.50 bits per heavy atom. The number of hydrogen-bond donors (Lipinski definition) is 1. The van der Waals surface area contributed by atoms with Gasteiger partial charge in [0.25, 0.3) is 0 Å². The molecule has 0 aliphatic carbocycles. The minimum Gasteiger partial charge on any atom is -0.377 e. The van der Waals surface area contributed by atoms with Gasteiger partial charge in [0.15, 0.2) is 5.82 Å². The van der Waals surface area contributed by atoms with Crippen LogP contribution in [-0.4, -0.2) is 14.8 Å². The molecule has 0 spiro atoms. The SMILES string of the molecule is Cc1nnc(CNc2ccsc2)n1C. The Labute approximate surface area is 86.6 Å². The predicted molar refractivity (Wildman–Crippen MR) is 57.4 cm³/mol. The van der Waals surface area contributed by atoms with Gasteiger partial charge in [0.1, 0.15) is 5.82 Å². The first-order valence-electron chi connectivity index (χ1n) is 4.38. The Morgan fingerprint density at radius 2 is 2.36 bits per heavy atom. The van der Waals surface area contributed by atoms with Gasteiger partial charge >= 0.3 is 0 Å². The van der Waals surface area contributed by atoms with Crippen LogP contribution in [0.15, 0.2) is 16.8 Å². The maximum absolute atomic E-state index is 4.07. The van der Waals surface area contributed by atoms with E-state index < -0.39 is 0 Å². The van der Waals surface area contributed by atoms with Crippen molar-refractivity contribution in [1.82, 2.24) is 14.8 Å². The molecule has 1 N–H and O–H groups in total. The minimum absolute atomic E-state index is 0.716. The fraction of sp³-hybridized carbons (Fsp3) is 0.333. The molecule has 5 heteroatoms. The topological polar surface area (TPSA) is 42.7 Å². The number of thiophene rings is 1. The molecule has 2 rings (SSSR count). The van der Waals surface area contributed by atoms with Crippen LogP contribution in [0.1, 0.15) is 11.6 Å². The summed E-state index contributed by atoms with van der Waals surface area (Å²) in [6, 6.07) is 2.05. The van der Waals surface area contributed by atoms with Gasteiger partial charge in [0.05, 0.1) is 6.54 Å². The van der Waals surface area contributed by atoms with Crippen LogP contribution in [0.3, 0.4) is 0 Å². The summed E-state index contributed by atoms with van der Waals surface area (Å²) in [5.74, 6) is 1.89. The molecule has 2 aromatic heterocycles. The molecule has 2 aromatic rings. The highest BCUT2D eigenvalue weighted by Crippen LogP contribution is 2.12. The zero-order valence-corrected chi connectivity index (χ0v) is 9.01. The number of rotatable bonds is 3. The van der Waals surface area contributed by atoms with Crippen molar-refractivity contribution in [3.63, 3.8) is 0 Å². The summed E-state index contributed by atoms with van der Waals surface area (Å²) in [7, 11) is 1.97. The summed E-state index contributed by atoms with van der Waals surface area (Å²) >= 11 is 1.68. The van der Waals surface area contributed by atoms with Crippen molar-refractivity contribution in [2.75, 3.05) is 5.32 Å². The normalized spacial score (nSPS) is 10.4. The largest absolute Gasteiger partial charge is 0.377 e. The van der Waals surface area contributed by atoms with Crippen LogP contribution in [0, 0.1) is 6.92 Å². The number of anilines is 1. The van der Waals surface area contributed by atoms with E-state index in [9.17, 15) is 0 Å². The summed E-state index contributed by atoms with van der Waals surface area (Å²) in [6.45, 7) is 2.66. The minimum atomic E-state index is 0.716. The van der Waals surface area contributed by atoms with Crippen LogP contribution in [0.5, 0.6) is 0 Å². The summed E-state index contributed by atoms with van der Waals surface area (Å²) in [5, 5.41) is 15.5. The lowest BCUT2D eigenvalue weighted by Crippen LogP contribution is -2.06. The Kier molecular flexibility index (Phi) is 2.49. The van der Waals surface area contributed by atoms with E-state index in [2.05, 4.69) is 20.9 Å². The molecule has 0 radical (unpaired) electrons. The Balaban J connectivity index is 2.02. The van der Waals surface area contributed by atoms with Gasteiger partial charge in [-0.25, -0.2) is 0 Å². The summed E-state index contributed by atoms with van der Waals surface area (Å²) in [6.07, 6.45) is 0. The predicted octanol–water partition coefficient (Wildman–Crippen LogP) is 1.80. The number of aromatic nitrogens is 3. The Hall–Kier alpha value is -1.36. The molecule has 0 aliphatic heterocycles. The summed E-state index contributed by atoms with van der Waals surface area (Å²) in [4.78, 5) is 0. The number of hydrogen-bond acceptors (Lipinski definition) is 4. The maximum atomic E-state index is 4.07. The third kappa shape index (κ3) is 1.77. The molecule has 0 unspecified atom stereocenters. The molecule has 0 aromatic carbocycles. The van der Waals surface area contributed by atoms with E-state index in [-0.39, 0.29) is 0 Å². The lowest BCUT2D eigenvalue weighted by atomic mass is 10.5. The molecule has 0 saturated carbocycles. The van der Waals surface area contributed by atoms with Crippen LogP contribution >= 0.6 is 11.3 Å².